The Balaban J connectivity index is 2.64. The van der Waals surface area contributed by atoms with Crippen LogP contribution in [0.3, 0.4) is 0 Å². The molecule has 7 nitrogen and oxygen atoms in total. The van der Waals surface area contributed by atoms with Gasteiger partial charge in [-0.2, -0.15) is 0 Å². The molecule has 0 aliphatic carbocycles. The Labute approximate surface area is 162 Å². The normalized spacial score (nSPS) is 11.4. The summed E-state index contributed by atoms with van der Waals surface area (Å²) in [6.45, 7) is 5.46. The minimum Gasteiger partial charge on any atom is -0.261 e. The molecule has 3 rings (SSSR count). The molecular weight excluding hydrogens is 398 g/mol. The smallest absolute Gasteiger partial charge is 0.261 e. The Bertz CT molecular complexity index is 1160. The molecule has 3 heterocycles. The van der Waals surface area contributed by atoms with Crippen LogP contribution in [0.4, 0.5) is 10.1 Å². The fourth-order valence-corrected chi connectivity index (χ4v) is 3.29. The summed E-state index contributed by atoms with van der Waals surface area (Å²) in [6, 6.07) is 2.59. The van der Waals surface area contributed by atoms with Gasteiger partial charge in [0.1, 0.15) is 5.02 Å². The van der Waals surface area contributed by atoms with E-state index in [1.807, 2.05) is 13.8 Å². The maximum Gasteiger partial charge on any atom is 0.353 e. The van der Waals surface area contributed by atoms with Crippen LogP contribution in [-0.4, -0.2) is 19.5 Å². The van der Waals surface area contributed by atoms with E-state index in [2.05, 4.69) is 9.97 Å². The molecule has 10 heteroatoms. The monoisotopic (exact) mass is 410 g/mol. The van der Waals surface area contributed by atoms with Gasteiger partial charge >= 0.3 is 11.2 Å². The molecule has 0 bridgehead atoms. The number of fused-ring (bicyclic) bond motifs is 1. The predicted octanol–water partition coefficient (Wildman–Crippen LogP) is 4.57. The Kier molecular flexibility index (Phi) is 4.88. The first-order valence-electron chi connectivity index (χ1n) is 7.85. The van der Waals surface area contributed by atoms with Crippen molar-refractivity contribution in [3.63, 3.8) is 0 Å². The highest BCUT2D eigenvalue weighted by Gasteiger charge is 2.29. The fourth-order valence-electron chi connectivity index (χ4n) is 2.86. The molecule has 0 radical (unpaired) electrons. The standard InChI is InChI=1S/C17H13Cl2FN4O3/c1-7(2)12-13(8(3)4-5-21-12)23-16-9(6-10(20)15(19)22-16)11(18)14(17(23)25)24(26)27/h4-7H,1-3H3. The summed E-state index contributed by atoms with van der Waals surface area (Å²) in [5.74, 6) is -1.01. The average molecular weight is 411 g/mol. The van der Waals surface area contributed by atoms with Gasteiger partial charge in [-0.05, 0) is 30.5 Å². The lowest BCUT2D eigenvalue weighted by Gasteiger charge is -2.18. The first-order chi connectivity index (χ1) is 12.6. The molecule has 0 fully saturated rings. The number of aromatic nitrogens is 3. The second-order valence-electron chi connectivity index (χ2n) is 6.21. The zero-order valence-corrected chi connectivity index (χ0v) is 16.0. The zero-order valence-electron chi connectivity index (χ0n) is 14.5. The van der Waals surface area contributed by atoms with Crippen LogP contribution in [0, 0.1) is 22.9 Å². The van der Waals surface area contributed by atoms with Crippen LogP contribution in [0.15, 0.2) is 23.1 Å². The van der Waals surface area contributed by atoms with E-state index < -0.39 is 32.2 Å². The molecular formula is C17H13Cl2FN4O3. The number of rotatable bonds is 3. The van der Waals surface area contributed by atoms with Gasteiger partial charge in [0.2, 0.25) is 0 Å². The molecule has 140 valence electrons. The number of halogens is 3. The van der Waals surface area contributed by atoms with E-state index in [1.165, 1.54) is 0 Å². The molecule has 0 unspecified atom stereocenters. The van der Waals surface area contributed by atoms with Gasteiger partial charge in [0.05, 0.1) is 16.3 Å². The van der Waals surface area contributed by atoms with Crippen molar-refractivity contribution in [1.82, 2.24) is 14.5 Å². The van der Waals surface area contributed by atoms with E-state index in [0.29, 0.717) is 16.9 Å². The summed E-state index contributed by atoms with van der Waals surface area (Å²) in [6.07, 6.45) is 1.58. The Morgan fingerprint density at radius 3 is 2.59 bits per heavy atom. The molecule has 0 aliphatic rings. The highest BCUT2D eigenvalue weighted by Crippen LogP contribution is 2.34. The zero-order chi connectivity index (χ0) is 20.0. The summed E-state index contributed by atoms with van der Waals surface area (Å²) in [5.41, 5.74) is -0.456. The number of nitro groups is 1. The fraction of sp³-hybridized carbons (Fsp3) is 0.235. The molecule has 0 spiro atoms. The lowest BCUT2D eigenvalue weighted by molar-refractivity contribution is -0.386. The summed E-state index contributed by atoms with van der Waals surface area (Å²) in [4.78, 5) is 31.8. The third kappa shape index (κ3) is 3.04. The van der Waals surface area contributed by atoms with Crippen molar-refractivity contribution in [1.29, 1.82) is 0 Å². The van der Waals surface area contributed by atoms with Crippen LogP contribution in [0.5, 0.6) is 0 Å². The number of nitrogens with zero attached hydrogens (tertiary/aromatic N) is 4. The molecule has 3 aromatic rings. The largest absolute Gasteiger partial charge is 0.353 e. The molecule has 3 aromatic heterocycles. The SMILES string of the molecule is Cc1ccnc(C(C)C)c1-n1c(=O)c([N+](=O)[O-])c(Cl)c2cc(F)c(Cl)nc21. The van der Waals surface area contributed by atoms with Crippen LogP contribution < -0.4 is 5.56 Å². The predicted molar refractivity (Wildman–Crippen MR) is 101 cm³/mol. The van der Waals surface area contributed by atoms with E-state index >= 15 is 0 Å². The van der Waals surface area contributed by atoms with E-state index in [0.717, 1.165) is 10.6 Å². The Hall–Kier alpha value is -2.58. The molecule has 0 atom stereocenters. The van der Waals surface area contributed by atoms with Crippen molar-refractivity contribution in [2.24, 2.45) is 0 Å². The van der Waals surface area contributed by atoms with Crippen molar-refractivity contribution >= 4 is 39.9 Å². The second-order valence-corrected chi connectivity index (χ2v) is 6.94. The molecule has 0 saturated carbocycles. The first-order valence-corrected chi connectivity index (χ1v) is 8.61. The van der Waals surface area contributed by atoms with Crippen LogP contribution in [-0.2, 0) is 0 Å². The third-order valence-electron chi connectivity index (χ3n) is 4.08. The Morgan fingerprint density at radius 2 is 2.00 bits per heavy atom. The van der Waals surface area contributed by atoms with Gasteiger partial charge in [0.25, 0.3) is 0 Å². The Morgan fingerprint density at radius 1 is 1.33 bits per heavy atom. The van der Waals surface area contributed by atoms with Crippen LogP contribution in [0.1, 0.15) is 31.0 Å². The van der Waals surface area contributed by atoms with Gasteiger partial charge < -0.3 is 0 Å². The number of aryl methyl sites for hydroxylation is 1. The topological polar surface area (TPSA) is 90.9 Å². The summed E-state index contributed by atoms with van der Waals surface area (Å²) in [5, 5.41) is 10.4. The molecule has 0 aromatic carbocycles. The molecule has 27 heavy (non-hydrogen) atoms. The van der Waals surface area contributed by atoms with Gasteiger partial charge in [-0.3, -0.25) is 24.5 Å². The minimum absolute atomic E-state index is 0.0833. The van der Waals surface area contributed by atoms with E-state index in [9.17, 15) is 19.3 Å². The van der Waals surface area contributed by atoms with Crippen LogP contribution in [0.2, 0.25) is 10.2 Å². The third-order valence-corrected chi connectivity index (χ3v) is 4.73. The van der Waals surface area contributed by atoms with Crippen molar-refractivity contribution in [2.45, 2.75) is 26.7 Å². The highest BCUT2D eigenvalue weighted by atomic mass is 35.5. The minimum atomic E-state index is -0.995. The number of hydrogen-bond donors (Lipinski definition) is 0. The van der Waals surface area contributed by atoms with Gasteiger partial charge in [0.15, 0.2) is 16.6 Å². The van der Waals surface area contributed by atoms with Gasteiger partial charge in [0, 0.05) is 11.6 Å². The van der Waals surface area contributed by atoms with Gasteiger partial charge in [-0.1, -0.05) is 37.0 Å². The van der Waals surface area contributed by atoms with Crippen LogP contribution >= 0.6 is 23.2 Å². The van der Waals surface area contributed by atoms with Gasteiger partial charge in [-0.15, -0.1) is 0 Å². The van der Waals surface area contributed by atoms with Crippen molar-refractivity contribution in [2.75, 3.05) is 0 Å². The lowest BCUT2D eigenvalue weighted by atomic mass is 10.0. The van der Waals surface area contributed by atoms with E-state index in [1.54, 1.807) is 19.2 Å². The maximum atomic E-state index is 14.0. The number of pyridine rings is 3. The first kappa shape index (κ1) is 19.2. The lowest BCUT2D eigenvalue weighted by Crippen LogP contribution is -2.25. The highest BCUT2D eigenvalue weighted by molar-refractivity contribution is 6.37. The molecule has 0 N–H and O–H groups in total. The number of hydrogen-bond acceptors (Lipinski definition) is 5. The maximum absolute atomic E-state index is 14.0. The summed E-state index contributed by atoms with van der Waals surface area (Å²) < 4.78 is 15.0. The quantitative estimate of drug-likeness (QED) is 0.358. The van der Waals surface area contributed by atoms with E-state index in [-0.39, 0.29) is 17.0 Å². The summed E-state index contributed by atoms with van der Waals surface area (Å²) >= 11 is 11.8. The molecule has 0 aliphatic heterocycles. The van der Waals surface area contributed by atoms with Crippen molar-refractivity contribution in [3.8, 4) is 5.69 Å². The van der Waals surface area contributed by atoms with Gasteiger partial charge in [-0.25, -0.2) is 9.37 Å². The van der Waals surface area contributed by atoms with Crippen LogP contribution in [0.25, 0.3) is 16.7 Å². The van der Waals surface area contributed by atoms with Crippen molar-refractivity contribution in [3.05, 3.63) is 66.0 Å². The van der Waals surface area contributed by atoms with Crippen molar-refractivity contribution < 1.29 is 9.31 Å². The summed E-state index contributed by atoms with van der Waals surface area (Å²) in [7, 11) is 0. The second kappa shape index (κ2) is 6.86. The molecule has 0 amide bonds. The average Bonchev–Trinajstić information content (AvgIpc) is 2.57. The molecule has 0 saturated heterocycles. The van der Waals surface area contributed by atoms with E-state index in [4.69, 9.17) is 23.2 Å².